The first kappa shape index (κ1) is 15.1. The van der Waals surface area contributed by atoms with Crippen molar-refractivity contribution >= 4 is 27.2 Å². The van der Waals surface area contributed by atoms with Crippen molar-refractivity contribution in [3.8, 4) is 0 Å². The van der Waals surface area contributed by atoms with Gasteiger partial charge >= 0.3 is 0 Å². The Morgan fingerprint density at radius 2 is 1.89 bits per heavy atom. The van der Waals surface area contributed by atoms with E-state index in [1.165, 1.54) is 4.31 Å². The molecular weight excluding hydrogens is 268 g/mol. The highest BCUT2D eigenvalue weighted by molar-refractivity contribution is 7.88. The van der Waals surface area contributed by atoms with E-state index in [9.17, 15) is 8.42 Å². The molecule has 0 saturated heterocycles. The first-order valence-electron chi connectivity index (χ1n) is 5.69. The number of nitrogens with zero attached hydrogens (tertiary/aromatic N) is 1. The molecule has 0 bridgehead atoms. The Bertz CT molecular complexity index is 509. The predicted molar refractivity (Wildman–Crippen MR) is 77.9 cm³/mol. The Morgan fingerprint density at radius 3 is 2.33 bits per heavy atom. The van der Waals surface area contributed by atoms with E-state index in [-0.39, 0.29) is 5.75 Å². The normalized spacial score (nSPS) is 11.7. The van der Waals surface area contributed by atoms with E-state index in [1.807, 2.05) is 6.92 Å². The van der Waals surface area contributed by atoms with Crippen molar-refractivity contribution in [1.29, 1.82) is 0 Å². The summed E-state index contributed by atoms with van der Waals surface area (Å²) in [5.41, 5.74) is 6.96. The summed E-state index contributed by atoms with van der Waals surface area (Å²) in [6.45, 7) is 2.48. The van der Waals surface area contributed by atoms with Crippen LogP contribution in [0.5, 0.6) is 0 Å². The van der Waals surface area contributed by atoms with Gasteiger partial charge in [-0.3, -0.25) is 0 Å². The van der Waals surface area contributed by atoms with E-state index < -0.39 is 10.0 Å². The van der Waals surface area contributed by atoms with Crippen LogP contribution >= 0.6 is 12.2 Å². The molecule has 0 radical (unpaired) electrons. The van der Waals surface area contributed by atoms with Crippen molar-refractivity contribution in [2.75, 3.05) is 13.6 Å². The molecule has 100 valence electrons. The molecule has 0 aliphatic rings. The molecule has 18 heavy (non-hydrogen) atoms. The average Bonchev–Trinajstić information content (AvgIpc) is 2.29. The van der Waals surface area contributed by atoms with Gasteiger partial charge in [0.2, 0.25) is 10.0 Å². The van der Waals surface area contributed by atoms with Crippen LogP contribution in [0.15, 0.2) is 24.3 Å². The summed E-state index contributed by atoms with van der Waals surface area (Å²) in [5, 5.41) is 0. The third-order valence-electron chi connectivity index (χ3n) is 2.60. The zero-order valence-corrected chi connectivity index (χ0v) is 12.2. The van der Waals surface area contributed by atoms with E-state index in [2.05, 4.69) is 0 Å². The molecule has 6 heteroatoms. The van der Waals surface area contributed by atoms with Crippen LogP contribution in [0.4, 0.5) is 0 Å². The molecule has 1 aromatic carbocycles. The Hall–Kier alpha value is -0.980. The zero-order valence-electron chi connectivity index (χ0n) is 10.6. The minimum absolute atomic E-state index is 0.00110. The standard InChI is InChI=1S/C12H18N2O2S2/c1-3-8-14(2)18(15,16)9-10-4-6-11(7-5-10)12(13)17/h4-7H,3,8-9H2,1-2H3,(H2,13,17). The number of benzene rings is 1. The zero-order chi connectivity index (χ0) is 13.8. The molecule has 0 aromatic heterocycles. The van der Waals surface area contributed by atoms with E-state index >= 15 is 0 Å². The molecule has 2 N–H and O–H groups in total. The van der Waals surface area contributed by atoms with Crippen molar-refractivity contribution in [2.24, 2.45) is 5.73 Å². The lowest BCUT2D eigenvalue weighted by molar-refractivity contribution is 0.467. The molecule has 0 fully saturated rings. The topological polar surface area (TPSA) is 63.4 Å². The van der Waals surface area contributed by atoms with E-state index in [1.54, 1.807) is 31.3 Å². The lowest BCUT2D eigenvalue weighted by atomic mass is 10.1. The van der Waals surface area contributed by atoms with Gasteiger partial charge in [0.15, 0.2) is 0 Å². The number of sulfonamides is 1. The highest BCUT2D eigenvalue weighted by Crippen LogP contribution is 2.11. The van der Waals surface area contributed by atoms with Gasteiger partial charge in [-0.1, -0.05) is 43.4 Å². The van der Waals surface area contributed by atoms with Crippen LogP contribution in [0.3, 0.4) is 0 Å². The first-order chi connectivity index (χ1) is 8.36. The number of thiocarbonyl (C=S) groups is 1. The summed E-state index contributed by atoms with van der Waals surface area (Å²) in [6, 6.07) is 6.97. The van der Waals surface area contributed by atoms with Gasteiger partial charge in [-0.15, -0.1) is 0 Å². The van der Waals surface area contributed by atoms with Gasteiger partial charge in [-0.05, 0) is 12.0 Å². The lowest BCUT2D eigenvalue weighted by Crippen LogP contribution is -2.28. The molecule has 0 atom stereocenters. The summed E-state index contributed by atoms with van der Waals surface area (Å²) in [5.74, 6) is 0.00110. The van der Waals surface area contributed by atoms with Gasteiger partial charge in [0, 0.05) is 19.2 Å². The fraction of sp³-hybridized carbons (Fsp3) is 0.417. The highest BCUT2D eigenvalue weighted by Gasteiger charge is 2.17. The smallest absolute Gasteiger partial charge is 0.218 e. The molecule has 4 nitrogen and oxygen atoms in total. The van der Waals surface area contributed by atoms with Crippen molar-refractivity contribution in [2.45, 2.75) is 19.1 Å². The molecule has 0 amide bonds. The summed E-state index contributed by atoms with van der Waals surface area (Å²) in [6.07, 6.45) is 0.802. The Morgan fingerprint density at radius 1 is 1.33 bits per heavy atom. The number of rotatable bonds is 6. The van der Waals surface area contributed by atoms with E-state index in [4.69, 9.17) is 18.0 Å². The molecule has 1 rings (SSSR count). The van der Waals surface area contributed by atoms with E-state index in [0.717, 1.165) is 17.5 Å². The SMILES string of the molecule is CCCN(C)S(=O)(=O)Cc1ccc(C(N)=S)cc1. The summed E-state index contributed by atoms with van der Waals surface area (Å²) < 4.78 is 25.4. The Labute approximate surface area is 114 Å². The summed E-state index contributed by atoms with van der Waals surface area (Å²) in [4.78, 5) is 0.313. The van der Waals surface area contributed by atoms with Gasteiger partial charge in [-0.2, -0.15) is 0 Å². The molecular formula is C12H18N2O2S2. The highest BCUT2D eigenvalue weighted by atomic mass is 32.2. The molecule has 0 aliphatic carbocycles. The third kappa shape index (κ3) is 4.04. The number of hydrogen-bond donors (Lipinski definition) is 1. The van der Waals surface area contributed by atoms with Crippen molar-refractivity contribution in [3.63, 3.8) is 0 Å². The van der Waals surface area contributed by atoms with Crippen LogP contribution in [-0.4, -0.2) is 31.3 Å². The second-order valence-electron chi connectivity index (χ2n) is 4.14. The van der Waals surface area contributed by atoms with Crippen LogP contribution < -0.4 is 5.73 Å². The maximum absolute atomic E-state index is 12.0. The second kappa shape index (κ2) is 6.26. The fourth-order valence-corrected chi connectivity index (χ4v) is 2.97. The second-order valence-corrected chi connectivity index (χ2v) is 6.65. The molecule has 0 heterocycles. The maximum atomic E-state index is 12.0. The quantitative estimate of drug-likeness (QED) is 0.805. The van der Waals surface area contributed by atoms with Crippen LogP contribution in [0.1, 0.15) is 24.5 Å². The monoisotopic (exact) mass is 286 g/mol. The lowest BCUT2D eigenvalue weighted by Gasteiger charge is -2.16. The Balaban J connectivity index is 2.81. The Kier molecular flexibility index (Phi) is 5.25. The van der Waals surface area contributed by atoms with Crippen LogP contribution in [0.25, 0.3) is 0 Å². The number of nitrogens with two attached hydrogens (primary N) is 1. The maximum Gasteiger partial charge on any atom is 0.218 e. The first-order valence-corrected chi connectivity index (χ1v) is 7.71. The molecule has 0 aliphatic heterocycles. The van der Waals surface area contributed by atoms with Crippen molar-refractivity contribution < 1.29 is 8.42 Å². The van der Waals surface area contributed by atoms with Crippen molar-refractivity contribution in [3.05, 3.63) is 35.4 Å². The van der Waals surface area contributed by atoms with Gasteiger partial charge in [0.1, 0.15) is 4.99 Å². The molecule has 0 unspecified atom stereocenters. The van der Waals surface area contributed by atoms with E-state index in [0.29, 0.717) is 11.5 Å². The van der Waals surface area contributed by atoms with Crippen molar-refractivity contribution in [1.82, 2.24) is 4.31 Å². The predicted octanol–water partition coefficient (Wildman–Crippen LogP) is 1.49. The van der Waals surface area contributed by atoms with Gasteiger partial charge in [-0.25, -0.2) is 12.7 Å². The third-order valence-corrected chi connectivity index (χ3v) is 4.67. The largest absolute Gasteiger partial charge is 0.389 e. The molecule has 0 saturated carbocycles. The van der Waals surface area contributed by atoms with Gasteiger partial charge < -0.3 is 5.73 Å². The fourth-order valence-electron chi connectivity index (χ4n) is 1.54. The minimum atomic E-state index is -3.24. The van der Waals surface area contributed by atoms with Gasteiger partial charge in [0.25, 0.3) is 0 Å². The van der Waals surface area contributed by atoms with Crippen LogP contribution in [0.2, 0.25) is 0 Å². The summed E-state index contributed by atoms with van der Waals surface area (Å²) >= 11 is 4.84. The van der Waals surface area contributed by atoms with Gasteiger partial charge in [0.05, 0.1) is 5.75 Å². The molecule has 0 spiro atoms. The number of hydrogen-bond acceptors (Lipinski definition) is 3. The minimum Gasteiger partial charge on any atom is -0.389 e. The van der Waals surface area contributed by atoms with Crippen LogP contribution in [-0.2, 0) is 15.8 Å². The van der Waals surface area contributed by atoms with Crippen LogP contribution in [0, 0.1) is 0 Å². The average molecular weight is 286 g/mol. The molecule has 1 aromatic rings. The summed E-state index contributed by atoms with van der Waals surface area (Å²) in [7, 11) is -1.64.